The largest absolute Gasteiger partial charge is 0.489 e. The number of nitrogens with zero attached hydrogens (tertiary/aromatic N) is 3. The molecule has 1 heterocycles. The van der Waals surface area contributed by atoms with E-state index in [1.54, 1.807) is 0 Å². The molecule has 0 aliphatic heterocycles. The molecule has 2 N–H and O–H groups in total. The minimum atomic E-state index is -0.00493. The molecule has 0 fully saturated rings. The van der Waals surface area contributed by atoms with E-state index in [9.17, 15) is 0 Å². The van der Waals surface area contributed by atoms with E-state index in [2.05, 4.69) is 56.4 Å². The minimum absolute atomic E-state index is 0.00493. The molecule has 6 nitrogen and oxygen atoms in total. The lowest BCUT2D eigenvalue weighted by molar-refractivity contribution is 0.228. The van der Waals surface area contributed by atoms with E-state index in [1.165, 1.54) is 11.3 Å². The zero-order valence-electron chi connectivity index (χ0n) is 18.3. The van der Waals surface area contributed by atoms with Crippen molar-refractivity contribution in [2.75, 3.05) is 13.1 Å². The first-order valence-electron chi connectivity index (χ1n) is 10.1. The molecular formula is C22H35N5O. The standard InChI is InChI=1S/C22H35N5O/c1-8-23-22(24-14-17(4)28-21-12-10-9-11-15(21)2)25-16(3)13-20-18(5)26-27(7)19(20)6/h9-12,16-17H,8,13-14H2,1-7H3,(H2,23,24,25). The Morgan fingerprint density at radius 1 is 1.21 bits per heavy atom. The van der Waals surface area contributed by atoms with Crippen molar-refractivity contribution < 1.29 is 4.74 Å². The number of benzene rings is 1. The fourth-order valence-corrected chi connectivity index (χ4v) is 3.19. The van der Waals surface area contributed by atoms with Gasteiger partial charge in [-0.3, -0.25) is 4.68 Å². The first-order chi connectivity index (χ1) is 13.3. The molecule has 0 amide bonds. The SMILES string of the molecule is CCNC(=NCC(C)Oc1ccccc1C)NC(C)Cc1c(C)nn(C)c1C. The van der Waals surface area contributed by atoms with Gasteiger partial charge in [0.05, 0.1) is 12.2 Å². The number of aliphatic imine (C=N–C) groups is 1. The zero-order valence-corrected chi connectivity index (χ0v) is 18.3. The summed E-state index contributed by atoms with van der Waals surface area (Å²) < 4.78 is 7.98. The van der Waals surface area contributed by atoms with Crippen LogP contribution < -0.4 is 15.4 Å². The zero-order chi connectivity index (χ0) is 20.7. The second kappa shape index (κ2) is 10.2. The van der Waals surface area contributed by atoms with Crippen LogP contribution in [0.15, 0.2) is 29.3 Å². The quantitative estimate of drug-likeness (QED) is 0.541. The number of guanidine groups is 1. The fourth-order valence-electron chi connectivity index (χ4n) is 3.19. The predicted molar refractivity (Wildman–Crippen MR) is 116 cm³/mol. The van der Waals surface area contributed by atoms with Crippen molar-refractivity contribution in [3.05, 3.63) is 46.8 Å². The Balaban J connectivity index is 1.96. The summed E-state index contributed by atoms with van der Waals surface area (Å²) in [5.74, 6) is 1.73. The molecule has 0 saturated heterocycles. The van der Waals surface area contributed by atoms with Gasteiger partial charge >= 0.3 is 0 Å². The van der Waals surface area contributed by atoms with Gasteiger partial charge in [0.1, 0.15) is 11.9 Å². The normalized spacial score (nSPS) is 13.9. The molecule has 0 saturated carbocycles. The van der Waals surface area contributed by atoms with Gasteiger partial charge in [-0.2, -0.15) is 5.10 Å². The van der Waals surface area contributed by atoms with Crippen molar-refractivity contribution in [2.45, 2.75) is 60.1 Å². The lowest BCUT2D eigenvalue weighted by atomic mass is 10.1. The van der Waals surface area contributed by atoms with Crippen LogP contribution in [-0.4, -0.2) is 41.0 Å². The van der Waals surface area contributed by atoms with E-state index in [-0.39, 0.29) is 12.1 Å². The van der Waals surface area contributed by atoms with Crippen molar-refractivity contribution in [2.24, 2.45) is 12.0 Å². The highest BCUT2D eigenvalue weighted by Crippen LogP contribution is 2.18. The molecule has 154 valence electrons. The summed E-state index contributed by atoms with van der Waals surface area (Å²) in [6, 6.07) is 8.31. The molecule has 28 heavy (non-hydrogen) atoms. The number of rotatable bonds is 8. The Kier molecular flexibility index (Phi) is 7.91. The van der Waals surface area contributed by atoms with Crippen molar-refractivity contribution in [3.8, 4) is 5.75 Å². The predicted octanol–water partition coefficient (Wildman–Crippen LogP) is 3.30. The van der Waals surface area contributed by atoms with E-state index in [1.807, 2.05) is 36.9 Å². The minimum Gasteiger partial charge on any atom is -0.489 e. The fraction of sp³-hybridized carbons (Fsp3) is 0.545. The molecule has 0 spiro atoms. The molecule has 0 radical (unpaired) electrons. The van der Waals surface area contributed by atoms with Gasteiger partial charge < -0.3 is 15.4 Å². The first-order valence-corrected chi connectivity index (χ1v) is 10.1. The van der Waals surface area contributed by atoms with Gasteiger partial charge in [0.2, 0.25) is 0 Å². The third-order valence-electron chi connectivity index (χ3n) is 4.82. The number of hydrogen-bond acceptors (Lipinski definition) is 3. The molecule has 1 aromatic heterocycles. The molecule has 6 heteroatoms. The molecule has 2 atom stereocenters. The summed E-state index contributed by atoms with van der Waals surface area (Å²) in [7, 11) is 1.99. The number of nitrogens with one attached hydrogen (secondary N) is 2. The maximum Gasteiger partial charge on any atom is 0.191 e. The Hall–Kier alpha value is -2.50. The van der Waals surface area contributed by atoms with Crippen LogP contribution in [0, 0.1) is 20.8 Å². The van der Waals surface area contributed by atoms with Crippen LogP contribution >= 0.6 is 0 Å². The monoisotopic (exact) mass is 385 g/mol. The van der Waals surface area contributed by atoms with Gasteiger partial charge in [0, 0.05) is 25.3 Å². The van der Waals surface area contributed by atoms with Gasteiger partial charge in [-0.15, -0.1) is 0 Å². The van der Waals surface area contributed by atoms with Crippen molar-refractivity contribution in [1.82, 2.24) is 20.4 Å². The topological polar surface area (TPSA) is 63.5 Å². The molecule has 2 unspecified atom stereocenters. The van der Waals surface area contributed by atoms with Crippen LogP contribution in [0.1, 0.15) is 43.3 Å². The van der Waals surface area contributed by atoms with E-state index in [0.717, 1.165) is 35.9 Å². The Bertz CT molecular complexity index is 796. The van der Waals surface area contributed by atoms with Crippen molar-refractivity contribution in [1.29, 1.82) is 0 Å². The third-order valence-corrected chi connectivity index (χ3v) is 4.82. The van der Waals surface area contributed by atoms with Gasteiger partial charge in [-0.25, -0.2) is 4.99 Å². The summed E-state index contributed by atoms with van der Waals surface area (Å²) in [5.41, 5.74) is 4.75. The maximum atomic E-state index is 6.03. The van der Waals surface area contributed by atoms with Gasteiger partial charge in [0.25, 0.3) is 0 Å². The Morgan fingerprint density at radius 2 is 1.93 bits per heavy atom. The third kappa shape index (κ3) is 6.01. The number of aromatic nitrogens is 2. The molecule has 0 aliphatic carbocycles. The van der Waals surface area contributed by atoms with Gasteiger partial charge in [-0.1, -0.05) is 18.2 Å². The Morgan fingerprint density at radius 3 is 2.54 bits per heavy atom. The van der Waals surface area contributed by atoms with E-state index in [0.29, 0.717) is 6.54 Å². The number of aryl methyl sites for hydroxylation is 3. The molecule has 0 bridgehead atoms. The van der Waals surface area contributed by atoms with Crippen molar-refractivity contribution in [3.63, 3.8) is 0 Å². The van der Waals surface area contributed by atoms with Gasteiger partial charge in [-0.05, 0) is 65.2 Å². The second-order valence-electron chi connectivity index (χ2n) is 7.44. The molecular weight excluding hydrogens is 350 g/mol. The summed E-state index contributed by atoms with van der Waals surface area (Å²) in [6.07, 6.45) is 0.903. The van der Waals surface area contributed by atoms with E-state index < -0.39 is 0 Å². The molecule has 0 aliphatic rings. The van der Waals surface area contributed by atoms with Crippen LogP contribution in [0.3, 0.4) is 0 Å². The lowest BCUT2D eigenvalue weighted by Gasteiger charge is -2.19. The van der Waals surface area contributed by atoms with Crippen LogP contribution in [-0.2, 0) is 13.5 Å². The highest BCUT2D eigenvalue weighted by Gasteiger charge is 2.14. The highest BCUT2D eigenvalue weighted by molar-refractivity contribution is 5.80. The van der Waals surface area contributed by atoms with Crippen molar-refractivity contribution >= 4 is 5.96 Å². The average molecular weight is 386 g/mol. The molecule has 1 aromatic carbocycles. The first kappa shape index (κ1) is 21.8. The highest BCUT2D eigenvalue weighted by atomic mass is 16.5. The second-order valence-corrected chi connectivity index (χ2v) is 7.44. The summed E-state index contributed by atoms with van der Waals surface area (Å²) >= 11 is 0. The smallest absolute Gasteiger partial charge is 0.191 e. The average Bonchev–Trinajstić information content (AvgIpc) is 2.88. The van der Waals surface area contributed by atoms with Crippen LogP contribution in [0.2, 0.25) is 0 Å². The number of para-hydroxylation sites is 1. The summed E-state index contributed by atoms with van der Waals surface area (Å²) in [6.45, 7) is 13.9. The summed E-state index contributed by atoms with van der Waals surface area (Å²) in [4.78, 5) is 4.72. The lowest BCUT2D eigenvalue weighted by Crippen LogP contribution is -2.43. The van der Waals surface area contributed by atoms with E-state index >= 15 is 0 Å². The van der Waals surface area contributed by atoms with Crippen LogP contribution in [0.4, 0.5) is 0 Å². The van der Waals surface area contributed by atoms with Gasteiger partial charge in [0.15, 0.2) is 5.96 Å². The van der Waals surface area contributed by atoms with E-state index in [4.69, 9.17) is 9.73 Å². The number of hydrogen-bond donors (Lipinski definition) is 2. The maximum absolute atomic E-state index is 6.03. The molecule has 2 aromatic rings. The Labute approximate surface area is 169 Å². The van der Waals surface area contributed by atoms with Crippen LogP contribution in [0.5, 0.6) is 5.75 Å². The molecule has 2 rings (SSSR count). The number of ether oxygens (including phenoxy) is 1. The summed E-state index contributed by atoms with van der Waals surface area (Å²) in [5, 5.41) is 11.3. The van der Waals surface area contributed by atoms with Crippen LogP contribution in [0.25, 0.3) is 0 Å².